The van der Waals surface area contributed by atoms with Crippen molar-refractivity contribution in [3.05, 3.63) is 35.9 Å². The fourth-order valence-corrected chi connectivity index (χ4v) is 3.58. The number of hydrogen-bond donors (Lipinski definition) is 0. The van der Waals surface area contributed by atoms with Crippen LogP contribution in [0.4, 0.5) is 0 Å². The van der Waals surface area contributed by atoms with Crippen molar-refractivity contribution in [2.24, 2.45) is 23.7 Å². The van der Waals surface area contributed by atoms with Gasteiger partial charge in [0.2, 0.25) is 0 Å². The number of carboxylic acid groups (broad SMARTS) is 3. The van der Waals surface area contributed by atoms with Crippen molar-refractivity contribution >= 4 is 23.9 Å². The van der Waals surface area contributed by atoms with Crippen molar-refractivity contribution in [1.29, 1.82) is 0 Å². The molecule has 8 nitrogen and oxygen atoms in total. The standard InChI is InChI=1S/C26H22O8.3Na/c1-4-6-7-8-9-13-16-34-26(33)21(19(5-2)18-14-11-10-12-15-18)22(25(31)32)20(24(29)30)17(3)23(27)28;;;/h1,10-12,14-15,17,19-22H,5H2,2-3H3,(H,27,28)(H,29,30)(H,31,32);;;/q;3*+1/p-3. The zero-order valence-corrected chi connectivity index (χ0v) is 27.3. The molecule has 5 unspecified atom stereocenters. The number of esters is 1. The molecule has 0 aliphatic heterocycles. The van der Waals surface area contributed by atoms with Gasteiger partial charge in [-0.15, -0.1) is 6.42 Å². The third kappa shape index (κ3) is 12.6. The number of carbonyl (C=O) groups is 4. The van der Waals surface area contributed by atoms with E-state index in [1.807, 2.05) is 12.0 Å². The van der Waals surface area contributed by atoms with Gasteiger partial charge in [0.15, 0.2) is 0 Å². The first-order valence-electron chi connectivity index (χ1n) is 10.0. The average Bonchev–Trinajstić information content (AvgIpc) is 2.80. The van der Waals surface area contributed by atoms with Gasteiger partial charge in [0.1, 0.15) is 6.11 Å². The minimum absolute atomic E-state index is 0. The van der Waals surface area contributed by atoms with Gasteiger partial charge < -0.3 is 34.4 Å². The Bertz CT molecular complexity index is 1160. The van der Waals surface area contributed by atoms with E-state index in [2.05, 4.69) is 29.6 Å². The Morgan fingerprint density at radius 3 is 1.78 bits per heavy atom. The van der Waals surface area contributed by atoms with Gasteiger partial charge in [0.25, 0.3) is 0 Å². The van der Waals surface area contributed by atoms with Crippen LogP contribution in [-0.4, -0.2) is 23.9 Å². The fraction of sp³-hybridized carbons (Fsp3) is 0.308. The number of ether oxygens (including phenoxy) is 1. The van der Waals surface area contributed by atoms with Crippen molar-refractivity contribution in [3.8, 4) is 48.1 Å². The molecule has 0 bridgehead atoms. The van der Waals surface area contributed by atoms with E-state index >= 15 is 0 Å². The van der Waals surface area contributed by atoms with Crippen LogP contribution in [0, 0.1) is 71.7 Å². The van der Waals surface area contributed by atoms with Gasteiger partial charge >= 0.3 is 94.6 Å². The molecule has 0 radical (unpaired) electrons. The maximum Gasteiger partial charge on any atom is 1.00 e. The SMILES string of the molecule is C#CC#CC#CC#COC(=O)C(C(CC)c1ccccc1)C(C(=O)[O-])C(C(=O)[O-])C(C)C(=O)[O-].[Na+].[Na+].[Na+]. The molecule has 1 aromatic rings. The minimum atomic E-state index is -2.16. The van der Waals surface area contributed by atoms with Crippen molar-refractivity contribution < 1.29 is 128 Å². The summed E-state index contributed by atoms with van der Waals surface area (Å²) in [6.07, 6.45) is 7.09. The first kappa shape index (κ1) is 39.8. The summed E-state index contributed by atoms with van der Waals surface area (Å²) in [4.78, 5) is 48.4. The molecule has 0 N–H and O–H groups in total. The van der Waals surface area contributed by atoms with E-state index in [1.165, 1.54) is 0 Å². The third-order valence-electron chi connectivity index (χ3n) is 5.13. The van der Waals surface area contributed by atoms with Crippen LogP contribution in [0.2, 0.25) is 0 Å². The van der Waals surface area contributed by atoms with Crippen molar-refractivity contribution in [3.63, 3.8) is 0 Å². The number of carbonyl (C=O) groups excluding carboxylic acids is 4. The summed E-state index contributed by atoms with van der Waals surface area (Å²) < 4.78 is 4.86. The first-order valence-corrected chi connectivity index (χ1v) is 10.0. The zero-order valence-electron chi connectivity index (χ0n) is 21.3. The fourth-order valence-electron chi connectivity index (χ4n) is 3.58. The molecule has 1 rings (SSSR count). The monoisotopic (exact) mass is 528 g/mol. The number of aliphatic carboxylic acids is 3. The molecule has 5 atom stereocenters. The summed E-state index contributed by atoms with van der Waals surface area (Å²) in [6, 6.07) is 8.19. The molecule has 1 aromatic carbocycles. The molecule has 0 aliphatic carbocycles. The largest absolute Gasteiger partial charge is 1.00 e. The van der Waals surface area contributed by atoms with E-state index in [1.54, 1.807) is 37.3 Å². The van der Waals surface area contributed by atoms with Crippen molar-refractivity contribution in [2.45, 2.75) is 26.2 Å². The number of terminal acetylenes is 1. The summed E-state index contributed by atoms with van der Waals surface area (Å²) in [5.74, 6) is -2.48. The molecule has 0 aromatic heterocycles. The summed E-state index contributed by atoms with van der Waals surface area (Å²) in [7, 11) is 0. The molecule has 37 heavy (non-hydrogen) atoms. The predicted molar refractivity (Wildman–Crippen MR) is 112 cm³/mol. The third-order valence-corrected chi connectivity index (χ3v) is 5.13. The zero-order chi connectivity index (χ0) is 25.7. The van der Waals surface area contributed by atoms with Gasteiger partial charge in [-0.2, -0.15) is 0 Å². The molecule has 0 heterocycles. The van der Waals surface area contributed by atoms with Gasteiger partial charge in [-0.25, -0.2) is 0 Å². The Hall–Kier alpha value is -1.66. The smallest absolute Gasteiger partial charge is 0.550 e. The second-order valence-electron chi connectivity index (χ2n) is 7.04. The molecule has 0 saturated heterocycles. The summed E-state index contributed by atoms with van der Waals surface area (Å²) in [6.45, 7) is 2.59. The Morgan fingerprint density at radius 1 is 0.811 bits per heavy atom. The van der Waals surface area contributed by atoms with Crippen LogP contribution >= 0.6 is 0 Å². The van der Waals surface area contributed by atoms with Crippen molar-refractivity contribution in [1.82, 2.24) is 0 Å². The Labute approximate surface area is 282 Å². The number of carboxylic acids is 3. The average molecular weight is 528 g/mol. The van der Waals surface area contributed by atoms with E-state index in [9.17, 15) is 34.5 Å². The molecule has 0 saturated carbocycles. The Morgan fingerprint density at radius 2 is 1.32 bits per heavy atom. The second-order valence-corrected chi connectivity index (χ2v) is 7.04. The van der Waals surface area contributed by atoms with Crippen LogP contribution in [-0.2, 0) is 23.9 Å². The normalized spacial score (nSPS) is 12.7. The summed E-state index contributed by atoms with van der Waals surface area (Å²) in [5.41, 5.74) is 0.494. The molecule has 174 valence electrons. The van der Waals surface area contributed by atoms with E-state index in [4.69, 9.17) is 11.2 Å². The van der Waals surface area contributed by atoms with Crippen LogP contribution in [0.1, 0.15) is 31.7 Å². The molecular formula is C26H19Na3O8. The van der Waals surface area contributed by atoms with Crippen molar-refractivity contribution in [2.75, 3.05) is 0 Å². The predicted octanol–water partition coefficient (Wildman–Crippen LogP) is -10.9. The van der Waals surface area contributed by atoms with Crippen LogP contribution in [0.3, 0.4) is 0 Å². The van der Waals surface area contributed by atoms with E-state index < -0.39 is 53.5 Å². The second kappa shape index (κ2) is 21.3. The maximum absolute atomic E-state index is 13.0. The number of benzene rings is 1. The van der Waals surface area contributed by atoms with Gasteiger partial charge in [0, 0.05) is 53.4 Å². The first-order chi connectivity index (χ1) is 16.2. The van der Waals surface area contributed by atoms with E-state index in [0.29, 0.717) is 5.56 Å². The molecule has 0 fully saturated rings. The molecule has 11 heteroatoms. The Balaban J connectivity index is -0.00000385. The number of rotatable bonds is 10. The van der Waals surface area contributed by atoms with E-state index in [-0.39, 0.29) is 95.1 Å². The van der Waals surface area contributed by atoms with Gasteiger partial charge in [-0.3, -0.25) is 4.79 Å². The van der Waals surface area contributed by atoms with Gasteiger partial charge in [0.05, 0.1) is 5.92 Å². The van der Waals surface area contributed by atoms with Gasteiger partial charge in [-0.1, -0.05) is 44.2 Å². The van der Waals surface area contributed by atoms with Gasteiger partial charge in [-0.05, 0) is 35.7 Å². The molecule has 0 spiro atoms. The maximum atomic E-state index is 13.0. The van der Waals surface area contributed by atoms with Crippen LogP contribution in [0.25, 0.3) is 0 Å². The topological polar surface area (TPSA) is 147 Å². The molecule has 0 amide bonds. The quantitative estimate of drug-likeness (QED) is 0.165. The van der Waals surface area contributed by atoms with Crippen LogP contribution in [0.15, 0.2) is 30.3 Å². The number of hydrogen-bond acceptors (Lipinski definition) is 8. The minimum Gasteiger partial charge on any atom is -0.550 e. The Kier molecular flexibility index (Phi) is 22.9. The molecule has 0 aliphatic rings. The van der Waals surface area contributed by atoms with Crippen LogP contribution in [0.5, 0.6) is 0 Å². The summed E-state index contributed by atoms with van der Waals surface area (Å²) in [5, 5.41) is 35.4. The molecular weight excluding hydrogens is 509 g/mol. The van der Waals surface area contributed by atoms with E-state index in [0.717, 1.165) is 6.92 Å². The van der Waals surface area contributed by atoms with Crippen LogP contribution < -0.4 is 104 Å². The summed E-state index contributed by atoms with van der Waals surface area (Å²) >= 11 is 0.